The van der Waals surface area contributed by atoms with Gasteiger partial charge in [-0.1, -0.05) is 66.7 Å². The molecule has 11 heteroatoms. The van der Waals surface area contributed by atoms with Gasteiger partial charge in [-0.25, -0.2) is 17.6 Å². The number of aliphatic hydroxyl groups is 1. The minimum absolute atomic E-state index is 0.123. The average Bonchev–Trinajstić information content (AvgIpc) is 3.14. The summed E-state index contributed by atoms with van der Waals surface area (Å²) in [4.78, 5) is 43.1. The number of hydrogen-bond donors (Lipinski definition) is 1. The van der Waals surface area contributed by atoms with Gasteiger partial charge in [0.05, 0.1) is 12.1 Å². The van der Waals surface area contributed by atoms with Gasteiger partial charge >= 0.3 is 0 Å². The first-order chi connectivity index (χ1) is 24.1. The van der Waals surface area contributed by atoms with Gasteiger partial charge in [0.15, 0.2) is 17.5 Å². The summed E-state index contributed by atoms with van der Waals surface area (Å²) in [5.41, 5.74) is 1.92. The maximum absolute atomic E-state index is 14.5. The van der Waals surface area contributed by atoms with Gasteiger partial charge in [0.1, 0.15) is 11.6 Å². The number of halogens is 4. The van der Waals surface area contributed by atoms with Crippen molar-refractivity contribution < 1.29 is 32.3 Å². The summed E-state index contributed by atoms with van der Waals surface area (Å²) < 4.78 is 57.6. The number of carbonyl (C=O) groups excluding carboxylic acids is 2. The van der Waals surface area contributed by atoms with Crippen molar-refractivity contribution >= 4 is 23.1 Å². The van der Waals surface area contributed by atoms with E-state index in [1.54, 1.807) is 6.07 Å². The second-order valence-electron chi connectivity index (χ2n) is 11.9. The lowest BCUT2D eigenvalue weighted by Gasteiger charge is -2.35. The van der Waals surface area contributed by atoms with E-state index in [1.165, 1.54) is 29.3 Å². The molecule has 0 radical (unpaired) electrons. The normalized spacial score (nSPS) is 13.4. The lowest BCUT2D eigenvalue weighted by Crippen LogP contribution is -2.50. The van der Waals surface area contributed by atoms with E-state index in [4.69, 9.17) is 0 Å². The van der Waals surface area contributed by atoms with Crippen molar-refractivity contribution in [2.45, 2.75) is 13.0 Å². The predicted molar refractivity (Wildman–Crippen MR) is 182 cm³/mol. The van der Waals surface area contributed by atoms with Gasteiger partial charge in [0, 0.05) is 56.1 Å². The van der Waals surface area contributed by atoms with E-state index < -0.39 is 51.8 Å². The highest BCUT2D eigenvalue weighted by molar-refractivity contribution is 6.41. The van der Waals surface area contributed by atoms with Crippen LogP contribution in [-0.4, -0.2) is 52.4 Å². The molecule has 0 bridgehead atoms. The summed E-state index contributed by atoms with van der Waals surface area (Å²) in [5.74, 6) is -7.86. The molecular weight excluding hydrogens is 650 g/mol. The summed E-state index contributed by atoms with van der Waals surface area (Å²) in [6.07, 6.45) is 1.57. The third-order valence-corrected chi connectivity index (χ3v) is 8.61. The Labute approximate surface area is 285 Å². The number of hydrogen-bond acceptors (Lipinski definition) is 5. The van der Waals surface area contributed by atoms with Gasteiger partial charge in [-0.15, -0.1) is 0 Å². The molecule has 7 nitrogen and oxygen atoms in total. The van der Waals surface area contributed by atoms with Crippen LogP contribution in [0.2, 0.25) is 0 Å². The van der Waals surface area contributed by atoms with Crippen molar-refractivity contribution in [2.75, 3.05) is 31.1 Å². The fraction of sp³-hybridized carbons (Fsp3) is 0.154. The second kappa shape index (κ2) is 14.7. The number of benzene rings is 4. The molecule has 50 heavy (non-hydrogen) atoms. The molecule has 6 rings (SSSR count). The molecule has 254 valence electrons. The standard InChI is InChI=1S/C39H31F4N3O4/c40-32-9-5-4-8-29(32)24-46-23-25(20-28-12-15-33(41)37(43)36(28)42)21-31(38(46)49)34(47)22-35(48)39(50)45-18-16-44(17-19-45)30-13-10-27(11-14-30)26-6-2-1-3-7-26/h1-15,21-23,47H,16-20,24H2/b34-22+. The van der Waals surface area contributed by atoms with E-state index in [1.807, 2.05) is 54.6 Å². The fourth-order valence-corrected chi connectivity index (χ4v) is 5.91. The Bertz CT molecular complexity index is 2140. The molecule has 1 N–H and O–H groups in total. The first-order valence-corrected chi connectivity index (χ1v) is 15.8. The zero-order valence-electron chi connectivity index (χ0n) is 26.7. The molecule has 0 spiro atoms. The zero-order chi connectivity index (χ0) is 35.4. The van der Waals surface area contributed by atoms with Crippen molar-refractivity contribution in [3.8, 4) is 11.1 Å². The topological polar surface area (TPSA) is 82.8 Å². The molecule has 1 aliphatic rings. The number of piperazine rings is 1. The summed E-state index contributed by atoms with van der Waals surface area (Å²) in [6.45, 7) is 1.10. The van der Waals surface area contributed by atoms with Crippen LogP contribution in [0.25, 0.3) is 16.9 Å². The molecule has 1 saturated heterocycles. The molecule has 5 aromatic rings. The van der Waals surface area contributed by atoms with Crippen LogP contribution in [0.1, 0.15) is 22.3 Å². The van der Waals surface area contributed by atoms with Crippen molar-refractivity contribution in [1.29, 1.82) is 0 Å². The number of pyridine rings is 1. The molecule has 0 atom stereocenters. The number of ketones is 1. The van der Waals surface area contributed by atoms with Gasteiger partial charge < -0.3 is 19.5 Å². The lowest BCUT2D eigenvalue weighted by atomic mass is 10.0. The van der Waals surface area contributed by atoms with Gasteiger partial charge in [-0.05, 0) is 52.6 Å². The molecule has 0 aliphatic carbocycles. The summed E-state index contributed by atoms with van der Waals surface area (Å²) in [5, 5.41) is 11.0. The molecule has 0 unspecified atom stereocenters. The average molecular weight is 682 g/mol. The number of aromatic nitrogens is 1. The minimum atomic E-state index is -1.67. The Morgan fingerprint density at radius 2 is 1.38 bits per heavy atom. The Morgan fingerprint density at radius 3 is 2.08 bits per heavy atom. The van der Waals surface area contributed by atoms with Crippen molar-refractivity contribution in [2.24, 2.45) is 0 Å². The molecule has 1 aliphatic heterocycles. The molecule has 4 aromatic carbocycles. The van der Waals surface area contributed by atoms with Crippen molar-refractivity contribution in [1.82, 2.24) is 9.47 Å². The molecule has 0 saturated carbocycles. The predicted octanol–water partition coefficient (Wildman–Crippen LogP) is 6.53. The van der Waals surface area contributed by atoms with Crippen LogP contribution in [0.3, 0.4) is 0 Å². The minimum Gasteiger partial charge on any atom is -0.507 e. The highest BCUT2D eigenvalue weighted by Crippen LogP contribution is 2.24. The summed E-state index contributed by atoms with van der Waals surface area (Å²) >= 11 is 0. The largest absolute Gasteiger partial charge is 0.507 e. The number of carbonyl (C=O) groups is 2. The maximum atomic E-state index is 14.5. The van der Waals surface area contributed by atoms with Crippen molar-refractivity contribution in [3.05, 3.63) is 165 Å². The van der Waals surface area contributed by atoms with E-state index in [0.29, 0.717) is 19.2 Å². The van der Waals surface area contributed by atoms with Crippen LogP contribution in [0.5, 0.6) is 0 Å². The van der Waals surface area contributed by atoms with Gasteiger partial charge in [0.25, 0.3) is 11.5 Å². The van der Waals surface area contributed by atoms with Crippen LogP contribution in [0, 0.1) is 23.3 Å². The van der Waals surface area contributed by atoms with E-state index in [2.05, 4.69) is 4.90 Å². The third kappa shape index (κ3) is 7.36. The van der Waals surface area contributed by atoms with Gasteiger partial charge in [-0.2, -0.15) is 0 Å². The monoisotopic (exact) mass is 681 g/mol. The Hall–Kier alpha value is -5.97. The number of amides is 1. The SMILES string of the molecule is O=C(/C=C(/O)c1cc(Cc2ccc(F)c(F)c2F)cn(Cc2ccccc2F)c1=O)C(=O)N1CCN(c2ccc(-c3ccccc3)cc2)CC1. The first kappa shape index (κ1) is 33.9. The Kier molecular flexibility index (Phi) is 9.94. The molecular formula is C39H31F4N3O4. The van der Waals surface area contributed by atoms with Crippen molar-refractivity contribution in [3.63, 3.8) is 0 Å². The fourth-order valence-electron chi connectivity index (χ4n) is 5.91. The van der Waals surface area contributed by atoms with Crippen LogP contribution in [-0.2, 0) is 22.6 Å². The van der Waals surface area contributed by atoms with E-state index in [-0.39, 0.29) is 42.7 Å². The quantitative estimate of drug-likeness (QED) is 0.0630. The lowest BCUT2D eigenvalue weighted by molar-refractivity contribution is -0.142. The second-order valence-corrected chi connectivity index (χ2v) is 11.9. The zero-order valence-corrected chi connectivity index (χ0v) is 26.7. The van der Waals surface area contributed by atoms with E-state index in [9.17, 15) is 37.1 Å². The Morgan fingerprint density at radius 1 is 0.720 bits per heavy atom. The smallest absolute Gasteiger partial charge is 0.294 e. The number of aliphatic hydroxyl groups excluding tert-OH is 1. The Balaban J connectivity index is 1.20. The number of anilines is 1. The third-order valence-electron chi connectivity index (χ3n) is 8.61. The summed E-state index contributed by atoms with van der Waals surface area (Å²) in [7, 11) is 0. The maximum Gasteiger partial charge on any atom is 0.294 e. The molecule has 1 aromatic heterocycles. The molecule has 2 heterocycles. The van der Waals surface area contributed by atoms with E-state index in [0.717, 1.165) is 39.6 Å². The highest BCUT2D eigenvalue weighted by atomic mass is 19.2. The van der Waals surface area contributed by atoms with Gasteiger partial charge in [0.2, 0.25) is 5.78 Å². The highest BCUT2D eigenvalue weighted by Gasteiger charge is 2.26. The molecule has 1 amide bonds. The summed E-state index contributed by atoms with van der Waals surface area (Å²) in [6, 6.07) is 26.6. The number of rotatable bonds is 9. The van der Waals surface area contributed by atoms with Crippen LogP contribution < -0.4 is 10.5 Å². The molecule has 1 fully saturated rings. The number of nitrogens with zero attached hydrogens (tertiary/aromatic N) is 3. The van der Waals surface area contributed by atoms with Crippen LogP contribution in [0.15, 0.2) is 114 Å². The van der Waals surface area contributed by atoms with E-state index >= 15 is 0 Å². The first-order valence-electron chi connectivity index (χ1n) is 15.8. The van der Waals surface area contributed by atoms with Gasteiger partial charge in [-0.3, -0.25) is 14.4 Å². The van der Waals surface area contributed by atoms with Crippen LogP contribution >= 0.6 is 0 Å². The van der Waals surface area contributed by atoms with Crippen LogP contribution in [0.4, 0.5) is 23.2 Å².